The van der Waals surface area contributed by atoms with E-state index in [9.17, 15) is 4.79 Å². The van der Waals surface area contributed by atoms with Crippen LogP contribution in [-0.2, 0) is 6.54 Å². The summed E-state index contributed by atoms with van der Waals surface area (Å²) in [5.41, 5.74) is 6.41. The molecule has 0 bridgehead atoms. The van der Waals surface area contributed by atoms with Crippen LogP contribution < -0.4 is 21.6 Å². The third-order valence-corrected chi connectivity index (χ3v) is 4.00. The van der Waals surface area contributed by atoms with Gasteiger partial charge in [-0.05, 0) is 48.7 Å². The van der Waals surface area contributed by atoms with Crippen molar-refractivity contribution in [3.8, 4) is 11.5 Å². The van der Waals surface area contributed by atoms with Crippen molar-refractivity contribution in [2.45, 2.75) is 20.4 Å². The monoisotopic (exact) mass is 335 g/mol. The Morgan fingerprint density at radius 1 is 1.04 bits per heavy atom. The second-order valence-electron chi connectivity index (χ2n) is 6.00. The fraction of sp³-hybridized carbons (Fsp3) is 0.150. The Morgan fingerprint density at radius 3 is 2.36 bits per heavy atom. The number of nitrogens with two attached hydrogens (primary N) is 1. The van der Waals surface area contributed by atoms with E-state index in [1.807, 2.05) is 56.3 Å². The lowest BCUT2D eigenvalue weighted by atomic mass is 10.1. The van der Waals surface area contributed by atoms with Crippen molar-refractivity contribution >= 4 is 5.69 Å². The van der Waals surface area contributed by atoms with Crippen LogP contribution in [0.1, 0.15) is 16.7 Å². The fourth-order valence-corrected chi connectivity index (χ4v) is 2.79. The molecule has 0 saturated heterocycles. The van der Waals surface area contributed by atoms with Crippen LogP contribution in [0.4, 0.5) is 5.69 Å². The number of hydrogen-bond donors (Lipinski definition) is 2. The minimum absolute atomic E-state index is 0.0627. The highest BCUT2D eigenvalue weighted by Gasteiger charge is 2.09. The van der Waals surface area contributed by atoms with Crippen LogP contribution >= 0.6 is 0 Å². The van der Waals surface area contributed by atoms with Crippen molar-refractivity contribution < 1.29 is 4.74 Å². The number of aryl methyl sites for hydroxylation is 2. The molecule has 25 heavy (non-hydrogen) atoms. The molecular weight excluding hydrogens is 314 g/mol. The zero-order valence-electron chi connectivity index (χ0n) is 14.3. The van der Waals surface area contributed by atoms with Gasteiger partial charge in [0.1, 0.15) is 11.5 Å². The number of anilines is 1. The second kappa shape index (κ2) is 7.23. The molecule has 3 rings (SSSR count). The van der Waals surface area contributed by atoms with Crippen molar-refractivity contribution in [1.29, 1.82) is 0 Å². The van der Waals surface area contributed by atoms with Crippen molar-refractivity contribution in [2.24, 2.45) is 5.84 Å². The average molecular weight is 335 g/mol. The predicted octanol–water partition coefficient (Wildman–Crippen LogP) is 3.59. The first kappa shape index (κ1) is 16.8. The van der Waals surface area contributed by atoms with E-state index in [-0.39, 0.29) is 5.56 Å². The summed E-state index contributed by atoms with van der Waals surface area (Å²) in [5.74, 6) is 6.86. The standard InChI is InChI=1S/C20H21N3O2/c1-14-10-17(22-21)11-15(2)20(14)25-18-8-9-19(24)23(13-18)12-16-6-4-3-5-7-16/h3-11,13,22H,12,21H2,1-2H3. The highest BCUT2D eigenvalue weighted by Crippen LogP contribution is 2.30. The molecular formula is C20H21N3O2. The van der Waals surface area contributed by atoms with E-state index in [0.29, 0.717) is 12.3 Å². The molecule has 0 amide bonds. The van der Waals surface area contributed by atoms with E-state index < -0.39 is 0 Å². The number of pyridine rings is 1. The van der Waals surface area contributed by atoms with E-state index in [1.165, 1.54) is 6.07 Å². The number of benzene rings is 2. The smallest absolute Gasteiger partial charge is 0.251 e. The van der Waals surface area contributed by atoms with Gasteiger partial charge in [0.2, 0.25) is 0 Å². The van der Waals surface area contributed by atoms with E-state index in [2.05, 4.69) is 5.43 Å². The van der Waals surface area contributed by atoms with Gasteiger partial charge < -0.3 is 14.7 Å². The predicted molar refractivity (Wildman–Crippen MR) is 100 cm³/mol. The molecule has 5 nitrogen and oxygen atoms in total. The van der Waals surface area contributed by atoms with Crippen LogP contribution in [0.2, 0.25) is 0 Å². The molecule has 128 valence electrons. The minimum Gasteiger partial charge on any atom is -0.455 e. The third-order valence-electron chi connectivity index (χ3n) is 4.00. The van der Waals surface area contributed by atoms with Crippen LogP contribution in [0.25, 0.3) is 0 Å². The maximum atomic E-state index is 12.1. The molecule has 0 spiro atoms. The Bertz CT molecular complexity index is 910. The maximum absolute atomic E-state index is 12.1. The van der Waals surface area contributed by atoms with Gasteiger partial charge in [0.25, 0.3) is 5.56 Å². The van der Waals surface area contributed by atoms with Crippen LogP contribution in [0.5, 0.6) is 11.5 Å². The van der Waals surface area contributed by atoms with Gasteiger partial charge in [-0.3, -0.25) is 10.6 Å². The van der Waals surface area contributed by atoms with E-state index in [4.69, 9.17) is 10.6 Å². The molecule has 3 N–H and O–H groups in total. The summed E-state index contributed by atoms with van der Waals surface area (Å²) < 4.78 is 7.69. The summed E-state index contributed by atoms with van der Waals surface area (Å²) in [5, 5.41) is 0. The Labute approximate surface area is 146 Å². The zero-order valence-corrected chi connectivity index (χ0v) is 14.3. The van der Waals surface area contributed by atoms with Crippen molar-refractivity contribution in [2.75, 3.05) is 5.43 Å². The number of rotatable bonds is 5. The maximum Gasteiger partial charge on any atom is 0.251 e. The van der Waals surface area contributed by atoms with Crippen molar-refractivity contribution in [3.63, 3.8) is 0 Å². The fourth-order valence-electron chi connectivity index (χ4n) is 2.79. The SMILES string of the molecule is Cc1cc(NN)cc(C)c1Oc1ccc(=O)n(Cc2ccccc2)c1. The lowest BCUT2D eigenvalue weighted by molar-refractivity contribution is 0.467. The summed E-state index contributed by atoms with van der Waals surface area (Å²) in [4.78, 5) is 12.1. The molecule has 1 heterocycles. The van der Waals surface area contributed by atoms with Gasteiger partial charge in [0.05, 0.1) is 12.7 Å². The molecule has 0 saturated carbocycles. The van der Waals surface area contributed by atoms with E-state index in [1.54, 1.807) is 16.8 Å². The quantitative estimate of drug-likeness (QED) is 0.552. The Balaban J connectivity index is 1.89. The first-order valence-corrected chi connectivity index (χ1v) is 8.07. The second-order valence-corrected chi connectivity index (χ2v) is 6.00. The minimum atomic E-state index is -0.0627. The zero-order chi connectivity index (χ0) is 17.8. The summed E-state index contributed by atoms with van der Waals surface area (Å²) in [7, 11) is 0. The number of aromatic nitrogens is 1. The van der Waals surface area contributed by atoms with E-state index >= 15 is 0 Å². The summed E-state index contributed by atoms with van der Waals surface area (Å²) in [6.07, 6.45) is 1.74. The number of hydrazine groups is 1. The van der Waals surface area contributed by atoms with Crippen LogP contribution in [0.15, 0.2) is 65.6 Å². The molecule has 0 aliphatic rings. The lowest BCUT2D eigenvalue weighted by Gasteiger charge is -2.15. The number of nitrogen functional groups attached to an aromatic ring is 1. The van der Waals surface area contributed by atoms with Crippen LogP contribution in [0.3, 0.4) is 0 Å². The van der Waals surface area contributed by atoms with Crippen molar-refractivity contribution in [3.05, 3.63) is 87.8 Å². The largest absolute Gasteiger partial charge is 0.455 e. The number of ether oxygens (including phenoxy) is 1. The van der Waals surface area contributed by atoms with Crippen LogP contribution in [0, 0.1) is 13.8 Å². The topological polar surface area (TPSA) is 69.3 Å². The van der Waals surface area contributed by atoms with Gasteiger partial charge in [-0.1, -0.05) is 30.3 Å². The normalized spacial score (nSPS) is 10.5. The van der Waals surface area contributed by atoms with Gasteiger partial charge in [-0.2, -0.15) is 0 Å². The van der Waals surface area contributed by atoms with Gasteiger partial charge in [-0.15, -0.1) is 0 Å². The van der Waals surface area contributed by atoms with Gasteiger partial charge in [0, 0.05) is 11.8 Å². The van der Waals surface area contributed by atoms with Gasteiger partial charge >= 0.3 is 0 Å². The Hall–Kier alpha value is -3.05. The van der Waals surface area contributed by atoms with E-state index in [0.717, 1.165) is 28.1 Å². The average Bonchev–Trinajstić information content (AvgIpc) is 2.61. The number of hydrogen-bond acceptors (Lipinski definition) is 4. The van der Waals surface area contributed by atoms with Gasteiger partial charge in [0.15, 0.2) is 0 Å². The first-order valence-electron chi connectivity index (χ1n) is 8.07. The summed E-state index contributed by atoms with van der Waals surface area (Å²) in [6.45, 7) is 4.43. The molecule has 0 atom stereocenters. The third kappa shape index (κ3) is 3.89. The first-order chi connectivity index (χ1) is 12.1. The number of nitrogens with one attached hydrogen (secondary N) is 1. The lowest BCUT2D eigenvalue weighted by Crippen LogP contribution is -2.18. The molecule has 0 radical (unpaired) electrons. The summed E-state index contributed by atoms with van der Waals surface area (Å²) in [6, 6.07) is 16.9. The molecule has 3 aromatic rings. The van der Waals surface area contributed by atoms with Gasteiger partial charge in [-0.25, -0.2) is 0 Å². The molecule has 0 aliphatic carbocycles. The number of nitrogens with zero attached hydrogens (tertiary/aromatic N) is 1. The molecule has 2 aromatic carbocycles. The Morgan fingerprint density at radius 2 is 1.72 bits per heavy atom. The Kier molecular flexibility index (Phi) is 4.86. The highest BCUT2D eigenvalue weighted by atomic mass is 16.5. The molecule has 0 aliphatic heterocycles. The summed E-state index contributed by atoms with van der Waals surface area (Å²) >= 11 is 0. The molecule has 0 unspecified atom stereocenters. The van der Waals surface area contributed by atoms with Crippen LogP contribution in [-0.4, -0.2) is 4.57 Å². The molecule has 1 aromatic heterocycles. The van der Waals surface area contributed by atoms with Crippen molar-refractivity contribution in [1.82, 2.24) is 4.57 Å². The highest BCUT2D eigenvalue weighted by molar-refractivity contribution is 5.55. The molecule has 0 fully saturated rings. The molecule has 5 heteroatoms.